The second-order valence-corrected chi connectivity index (χ2v) is 6.56. The first-order valence-electron chi connectivity index (χ1n) is 7.22. The van der Waals surface area contributed by atoms with E-state index in [2.05, 4.69) is 24.3 Å². The fourth-order valence-electron chi connectivity index (χ4n) is 3.35. The average molecular weight is 279 g/mol. The van der Waals surface area contributed by atoms with Gasteiger partial charge in [-0.25, -0.2) is 4.68 Å². The zero-order valence-corrected chi connectivity index (χ0v) is 12.2. The second kappa shape index (κ2) is 4.07. The largest absolute Gasteiger partial charge is 0.343 e. The molecule has 0 spiro atoms. The van der Waals surface area contributed by atoms with Crippen LogP contribution in [0.15, 0.2) is 42.2 Å². The van der Waals surface area contributed by atoms with Crippen molar-refractivity contribution in [3.05, 3.63) is 47.8 Å². The summed E-state index contributed by atoms with van der Waals surface area (Å²) >= 11 is 0. The number of benzene rings is 1. The number of anilines is 1. The maximum atomic E-state index is 12.7. The van der Waals surface area contributed by atoms with E-state index < -0.39 is 0 Å². The molecule has 0 radical (unpaired) electrons. The van der Waals surface area contributed by atoms with E-state index >= 15 is 0 Å². The highest BCUT2D eigenvalue weighted by atomic mass is 16.1. The first kappa shape index (κ1) is 12.4. The van der Waals surface area contributed by atoms with Crippen LogP contribution in [0.3, 0.4) is 0 Å². The molecule has 0 atom stereocenters. The number of para-hydroxylation sites is 1. The quantitative estimate of drug-likeness (QED) is 0.804. The summed E-state index contributed by atoms with van der Waals surface area (Å²) in [5, 5.41) is 7.83. The summed E-state index contributed by atoms with van der Waals surface area (Å²) in [4.78, 5) is 12.7. The van der Waals surface area contributed by atoms with Crippen molar-refractivity contribution < 1.29 is 4.79 Å². The molecule has 106 valence electrons. The van der Waals surface area contributed by atoms with Crippen molar-refractivity contribution in [3.8, 4) is 5.69 Å². The Bertz CT molecular complexity index is 783. The highest BCUT2D eigenvalue weighted by molar-refractivity contribution is 6.24. The van der Waals surface area contributed by atoms with Crippen molar-refractivity contribution in [1.29, 1.82) is 0 Å². The summed E-state index contributed by atoms with van der Waals surface area (Å²) in [6.07, 6.45) is 3.23. The third-order valence-corrected chi connectivity index (χ3v) is 4.20. The number of Topliss-reactive ketones (excluding diaryl/α,β-unsaturated/α-hetero) is 1. The predicted molar refractivity (Wildman–Crippen MR) is 82.1 cm³/mol. The molecule has 21 heavy (non-hydrogen) atoms. The lowest BCUT2D eigenvalue weighted by molar-refractivity contribution is -0.116. The molecule has 0 saturated carbocycles. The Morgan fingerprint density at radius 3 is 2.86 bits per heavy atom. The van der Waals surface area contributed by atoms with Crippen LogP contribution in [0, 0.1) is 5.41 Å². The number of hydrogen-bond acceptors (Lipinski definition) is 3. The SMILES string of the molecule is CC1(C)CC(=O)C2=C(C1)Nc1ccnn1-c1ccccc12. The average Bonchev–Trinajstić information content (AvgIpc) is 2.81. The summed E-state index contributed by atoms with van der Waals surface area (Å²) in [6, 6.07) is 9.92. The van der Waals surface area contributed by atoms with Crippen molar-refractivity contribution in [2.75, 3.05) is 5.32 Å². The topological polar surface area (TPSA) is 46.9 Å². The first-order valence-corrected chi connectivity index (χ1v) is 7.22. The van der Waals surface area contributed by atoms with E-state index in [1.165, 1.54) is 0 Å². The van der Waals surface area contributed by atoms with Crippen LogP contribution in [0.25, 0.3) is 11.3 Å². The Morgan fingerprint density at radius 1 is 1.19 bits per heavy atom. The minimum atomic E-state index is -0.00689. The molecule has 4 nitrogen and oxygen atoms in total. The summed E-state index contributed by atoms with van der Waals surface area (Å²) in [6.45, 7) is 4.29. The van der Waals surface area contributed by atoms with Gasteiger partial charge in [0.05, 0.1) is 11.9 Å². The molecule has 2 aliphatic rings. The lowest BCUT2D eigenvalue weighted by atomic mass is 9.74. The van der Waals surface area contributed by atoms with Crippen molar-refractivity contribution >= 4 is 17.2 Å². The molecular formula is C17H17N3O. The van der Waals surface area contributed by atoms with Gasteiger partial charge >= 0.3 is 0 Å². The monoisotopic (exact) mass is 279 g/mol. The van der Waals surface area contributed by atoms with Crippen LogP contribution in [0.1, 0.15) is 32.3 Å². The molecule has 1 N–H and O–H groups in total. The lowest BCUT2D eigenvalue weighted by Gasteiger charge is -2.31. The smallest absolute Gasteiger partial charge is 0.165 e. The van der Waals surface area contributed by atoms with Gasteiger partial charge in [0.15, 0.2) is 5.78 Å². The number of fused-ring (bicyclic) bond motifs is 4. The molecule has 0 fully saturated rings. The van der Waals surface area contributed by atoms with E-state index in [-0.39, 0.29) is 11.2 Å². The van der Waals surface area contributed by atoms with Gasteiger partial charge in [-0.1, -0.05) is 32.0 Å². The molecular weight excluding hydrogens is 262 g/mol. The van der Waals surface area contributed by atoms with E-state index in [0.29, 0.717) is 6.42 Å². The Hall–Kier alpha value is -2.36. The van der Waals surface area contributed by atoms with Crippen LogP contribution in [-0.4, -0.2) is 15.6 Å². The number of allylic oxidation sites excluding steroid dienone is 2. The van der Waals surface area contributed by atoms with Crippen LogP contribution < -0.4 is 5.32 Å². The third kappa shape index (κ3) is 1.82. The van der Waals surface area contributed by atoms with Crippen LogP contribution in [0.4, 0.5) is 5.82 Å². The second-order valence-electron chi connectivity index (χ2n) is 6.56. The Kier molecular flexibility index (Phi) is 2.40. The van der Waals surface area contributed by atoms with E-state index in [1.807, 2.05) is 35.0 Å². The number of aromatic nitrogens is 2. The van der Waals surface area contributed by atoms with Crippen LogP contribution in [-0.2, 0) is 4.79 Å². The van der Waals surface area contributed by atoms with Crippen LogP contribution in [0.5, 0.6) is 0 Å². The Labute approximate surface area is 123 Å². The molecule has 0 saturated heterocycles. The summed E-state index contributed by atoms with van der Waals surface area (Å²) in [7, 11) is 0. The molecule has 1 aliphatic heterocycles. The molecule has 0 amide bonds. The maximum Gasteiger partial charge on any atom is 0.165 e. The number of hydrogen-bond donors (Lipinski definition) is 1. The zero-order valence-electron chi connectivity index (χ0n) is 12.2. The summed E-state index contributed by atoms with van der Waals surface area (Å²) in [5.41, 5.74) is 3.77. The molecule has 2 aromatic rings. The van der Waals surface area contributed by atoms with Crippen LogP contribution >= 0.6 is 0 Å². The summed E-state index contributed by atoms with van der Waals surface area (Å²) < 4.78 is 1.87. The minimum absolute atomic E-state index is 0.00689. The normalized spacial score (nSPS) is 19.2. The van der Waals surface area contributed by atoms with Gasteiger partial charge in [-0.3, -0.25) is 4.79 Å². The van der Waals surface area contributed by atoms with Crippen molar-refractivity contribution in [2.45, 2.75) is 26.7 Å². The number of carbonyl (C=O) groups excluding carboxylic acids is 1. The molecule has 2 heterocycles. The highest BCUT2D eigenvalue weighted by Gasteiger charge is 2.36. The van der Waals surface area contributed by atoms with E-state index in [4.69, 9.17) is 0 Å². The fraction of sp³-hybridized carbons (Fsp3) is 0.294. The number of rotatable bonds is 0. The molecule has 1 aliphatic carbocycles. The molecule has 1 aromatic carbocycles. The van der Waals surface area contributed by atoms with Gasteiger partial charge < -0.3 is 5.32 Å². The molecule has 1 aromatic heterocycles. The maximum absolute atomic E-state index is 12.7. The highest BCUT2D eigenvalue weighted by Crippen LogP contribution is 2.43. The van der Waals surface area contributed by atoms with E-state index in [9.17, 15) is 4.79 Å². The van der Waals surface area contributed by atoms with Gasteiger partial charge in [-0.2, -0.15) is 5.10 Å². The number of nitrogens with zero attached hydrogens (tertiary/aromatic N) is 2. The first-order chi connectivity index (χ1) is 10.1. The molecule has 0 bridgehead atoms. The van der Waals surface area contributed by atoms with E-state index in [1.54, 1.807) is 6.20 Å². The van der Waals surface area contributed by atoms with Gasteiger partial charge in [0.1, 0.15) is 5.82 Å². The molecule has 4 rings (SSSR count). The van der Waals surface area contributed by atoms with Gasteiger partial charge in [-0.15, -0.1) is 0 Å². The number of nitrogens with one attached hydrogen (secondary N) is 1. The van der Waals surface area contributed by atoms with Crippen molar-refractivity contribution in [3.63, 3.8) is 0 Å². The van der Waals surface area contributed by atoms with Gasteiger partial charge in [0.2, 0.25) is 0 Å². The Morgan fingerprint density at radius 2 is 2.00 bits per heavy atom. The third-order valence-electron chi connectivity index (χ3n) is 4.20. The van der Waals surface area contributed by atoms with E-state index in [0.717, 1.165) is 34.8 Å². The van der Waals surface area contributed by atoms with Gasteiger partial charge in [-0.05, 0) is 17.9 Å². The van der Waals surface area contributed by atoms with Crippen LogP contribution in [0.2, 0.25) is 0 Å². The van der Waals surface area contributed by atoms with Crippen molar-refractivity contribution in [1.82, 2.24) is 9.78 Å². The lowest BCUT2D eigenvalue weighted by Crippen LogP contribution is -2.27. The number of ketones is 1. The Balaban J connectivity index is 2.02. The minimum Gasteiger partial charge on any atom is -0.343 e. The van der Waals surface area contributed by atoms with Crippen molar-refractivity contribution in [2.24, 2.45) is 5.41 Å². The predicted octanol–water partition coefficient (Wildman–Crippen LogP) is 3.40. The fourth-order valence-corrected chi connectivity index (χ4v) is 3.35. The zero-order chi connectivity index (χ0) is 14.6. The number of carbonyl (C=O) groups is 1. The van der Waals surface area contributed by atoms with Gasteiger partial charge in [0, 0.05) is 29.3 Å². The van der Waals surface area contributed by atoms with Gasteiger partial charge in [0.25, 0.3) is 0 Å². The molecule has 0 unspecified atom stereocenters. The standard InChI is InChI=1S/C17H17N3O/c1-17(2)9-12-16(14(21)10-17)11-5-3-4-6-13(11)20-15(19-12)7-8-18-20/h3-8,19H,9-10H2,1-2H3. The molecule has 4 heteroatoms. The summed E-state index contributed by atoms with van der Waals surface area (Å²) in [5.74, 6) is 1.13.